The van der Waals surface area contributed by atoms with Crippen molar-refractivity contribution in [1.82, 2.24) is 0 Å². The summed E-state index contributed by atoms with van der Waals surface area (Å²) in [5, 5.41) is 1.85. The molecule has 0 heterocycles. The zero-order chi connectivity index (χ0) is 19.3. The standard InChI is InChI=1S/C22H21NO2S2/c1-18-8-12-21(13-9-18)26(17-16-20-6-4-3-5-7-20)23-27(24,25)22-14-10-19(2)11-15-22/h3-17H,1-2H3/b17-16+/t26-/m0/s1. The van der Waals surface area contributed by atoms with Gasteiger partial charge in [-0.1, -0.05) is 65.7 Å². The number of rotatable bonds is 5. The predicted molar refractivity (Wildman–Crippen MR) is 113 cm³/mol. The normalized spacial score (nSPS) is 13.1. The van der Waals surface area contributed by atoms with E-state index in [9.17, 15) is 8.42 Å². The van der Waals surface area contributed by atoms with Crippen LogP contribution < -0.4 is 0 Å². The summed E-state index contributed by atoms with van der Waals surface area (Å²) < 4.78 is 29.9. The van der Waals surface area contributed by atoms with Gasteiger partial charge in [0.25, 0.3) is 10.0 Å². The summed E-state index contributed by atoms with van der Waals surface area (Å²) in [4.78, 5) is 1.08. The van der Waals surface area contributed by atoms with Crippen molar-refractivity contribution in [3.63, 3.8) is 0 Å². The van der Waals surface area contributed by atoms with Crippen LogP contribution >= 0.6 is 0 Å². The third-order valence-corrected chi connectivity index (χ3v) is 7.39. The Balaban J connectivity index is 2.05. The zero-order valence-corrected chi connectivity index (χ0v) is 16.9. The van der Waals surface area contributed by atoms with E-state index in [2.05, 4.69) is 3.77 Å². The average Bonchev–Trinajstić information content (AvgIpc) is 2.67. The van der Waals surface area contributed by atoms with E-state index in [0.717, 1.165) is 21.6 Å². The van der Waals surface area contributed by atoms with Crippen molar-refractivity contribution in [1.29, 1.82) is 0 Å². The Hall–Kier alpha value is -2.50. The summed E-state index contributed by atoms with van der Waals surface area (Å²) in [6.07, 6.45) is 1.91. The minimum Gasteiger partial charge on any atom is -0.199 e. The highest BCUT2D eigenvalue weighted by Gasteiger charge is 2.14. The molecule has 3 nitrogen and oxygen atoms in total. The Morgan fingerprint density at radius 2 is 1.33 bits per heavy atom. The van der Waals surface area contributed by atoms with E-state index in [1.807, 2.05) is 79.9 Å². The number of hydrogen-bond acceptors (Lipinski definition) is 2. The van der Waals surface area contributed by atoms with Gasteiger partial charge in [0.05, 0.1) is 4.90 Å². The van der Waals surface area contributed by atoms with Crippen molar-refractivity contribution >= 4 is 26.8 Å². The number of benzene rings is 3. The first-order chi connectivity index (χ1) is 12.9. The van der Waals surface area contributed by atoms with Gasteiger partial charge in [-0.25, -0.2) is 0 Å². The van der Waals surface area contributed by atoms with E-state index >= 15 is 0 Å². The van der Waals surface area contributed by atoms with E-state index in [-0.39, 0.29) is 4.90 Å². The molecule has 1 atom stereocenters. The highest BCUT2D eigenvalue weighted by molar-refractivity contribution is 8.01. The molecule has 0 spiro atoms. The molecule has 3 rings (SSSR count). The van der Waals surface area contributed by atoms with Crippen molar-refractivity contribution in [2.45, 2.75) is 23.6 Å². The molecule has 0 aromatic heterocycles. The van der Waals surface area contributed by atoms with Crippen molar-refractivity contribution in [3.05, 3.63) is 101 Å². The minimum absolute atomic E-state index is 0.214. The van der Waals surface area contributed by atoms with Gasteiger partial charge in [-0.05, 0) is 65.9 Å². The second-order valence-electron chi connectivity index (χ2n) is 6.20. The van der Waals surface area contributed by atoms with Gasteiger partial charge in [0, 0.05) is 4.90 Å². The van der Waals surface area contributed by atoms with Gasteiger partial charge in [0.15, 0.2) is 0 Å². The van der Waals surface area contributed by atoms with Crippen molar-refractivity contribution < 1.29 is 8.42 Å². The Kier molecular flexibility index (Phi) is 6.04. The summed E-state index contributed by atoms with van der Waals surface area (Å²) in [7, 11) is -4.67. The van der Waals surface area contributed by atoms with Crippen LogP contribution in [0.25, 0.3) is 6.08 Å². The van der Waals surface area contributed by atoms with Crippen LogP contribution in [0, 0.1) is 13.8 Å². The van der Waals surface area contributed by atoms with Crippen LogP contribution in [0.2, 0.25) is 0 Å². The lowest BCUT2D eigenvalue weighted by Gasteiger charge is -2.06. The van der Waals surface area contributed by atoms with Crippen LogP contribution in [-0.2, 0) is 20.7 Å². The molecule has 0 unspecified atom stereocenters. The van der Waals surface area contributed by atoms with Crippen LogP contribution in [0.3, 0.4) is 0 Å². The molecule has 0 amide bonds. The molecule has 0 saturated carbocycles. The number of aryl methyl sites for hydroxylation is 2. The highest BCUT2D eigenvalue weighted by Crippen LogP contribution is 2.20. The third-order valence-electron chi connectivity index (χ3n) is 3.95. The van der Waals surface area contributed by atoms with Gasteiger partial charge in [-0.2, -0.15) is 8.42 Å². The quantitative estimate of drug-likeness (QED) is 0.571. The highest BCUT2D eigenvalue weighted by atomic mass is 32.3. The van der Waals surface area contributed by atoms with E-state index in [4.69, 9.17) is 0 Å². The predicted octanol–water partition coefficient (Wildman–Crippen LogP) is 5.52. The van der Waals surface area contributed by atoms with Crippen LogP contribution in [-0.4, -0.2) is 8.42 Å². The Labute approximate surface area is 163 Å². The molecule has 3 aromatic carbocycles. The van der Waals surface area contributed by atoms with Crippen molar-refractivity contribution in [2.75, 3.05) is 0 Å². The van der Waals surface area contributed by atoms with Gasteiger partial charge in [-0.3, -0.25) is 0 Å². The first-order valence-electron chi connectivity index (χ1n) is 8.52. The Morgan fingerprint density at radius 3 is 1.93 bits per heavy atom. The first kappa shape index (κ1) is 19.3. The fraction of sp³-hybridized carbons (Fsp3) is 0.0909. The maximum atomic E-state index is 12.8. The number of sulfonamides is 1. The fourth-order valence-corrected chi connectivity index (χ4v) is 5.46. The first-order valence-corrected chi connectivity index (χ1v) is 11.2. The maximum absolute atomic E-state index is 12.8. The summed E-state index contributed by atoms with van der Waals surface area (Å²) in [5.41, 5.74) is 3.14. The lowest BCUT2D eigenvalue weighted by Crippen LogP contribution is -2.00. The largest absolute Gasteiger partial charge is 0.288 e. The molecule has 27 heavy (non-hydrogen) atoms. The number of nitrogens with zero attached hydrogens (tertiary/aromatic N) is 1. The van der Waals surface area contributed by atoms with Crippen LogP contribution in [0.5, 0.6) is 0 Å². The minimum atomic E-state index is -3.75. The van der Waals surface area contributed by atoms with Gasteiger partial charge >= 0.3 is 0 Å². The van der Waals surface area contributed by atoms with Crippen LogP contribution in [0.4, 0.5) is 0 Å². The number of hydrogen-bond donors (Lipinski definition) is 0. The topological polar surface area (TPSA) is 46.5 Å². The molecule has 0 saturated heterocycles. The van der Waals surface area contributed by atoms with E-state index < -0.39 is 20.7 Å². The average molecular weight is 396 g/mol. The Morgan fingerprint density at radius 1 is 0.778 bits per heavy atom. The molecule has 0 fully saturated rings. The molecule has 0 aliphatic rings. The SMILES string of the molecule is Cc1ccc([S@](/C=C/c2ccccc2)=N/S(=O)(=O)c2ccc(C)cc2)cc1. The van der Waals surface area contributed by atoms with Gasteiger partial charge in [0.1, 0.15) is 0 Å². The zero-order valence-electron chi connectivity index (χ0n) is 15.2. The molecular formula is C22H21NO2S2. The smallest absolute Gasteiger partial charge is 0.199 e. The lowest BCUT2D eigenvalue weighted by atomic mass is 10.2. The fourth-order valence-electron chi connectivity index (χ4n) is 2.39. The molecule has 3 aromatic rings. The second-order valence-corrected chi connectivity index (χ2v) is 9.59. The molecule has 5 heteroatoms. The van der Waals surface area contributed by atoms with Gasteiger partial charge in [0.2, 0.25) is 0 Å². The summed E-state index contributed by atoms with van der Waals surface area (Å²) in [5.74, 6) is 0. The molecule has 0 N–H and O–H groups in total. The van der Waals surface area contributed by atoms with Crippen LogP contribution in [0.15, 0.2) is 97.8 Å². The van der Waals surface area contributed by atoms with Crippen molar-refractivity contribution in [2.24, 2.45) is 3.77 Å². The van der Waals surface area contributed by atoms with Gasteiger partial charge in [-0.15, -0.1) is 3.77 Å². The van der Waals surface area contributed by atoms with Crippen molar-refractivity contribution in [3.8, 4) is 0 Å². The Bertz CT molecular complexity index is 1070. The van der Waals surface area contributed by atoms with Crippen LogP contribution in [0.1, 0.15) is 16.7 Å². The molecule has 0 aliphatic carbocycles. The molecule has 138 valence electrons. The summed E-state index contributed by atoms with van der Waals surface area (Å²) in [6.45, 7) is 3.93. The van der Waals surface area contributed by atoms with E-state index in [0.29, 0.717) is 0 Å². The second kappa shape index (κ2) is 8.46. The molecule has 0 radical (unpaired) electrons. The van der Waals surface area contributed by atoms with Gasteiger partial charge < -0.3 is 0 Å². The molecular weight excluding hydrogens is 374 g/mol. The molecule has 0 aliphatic heterocycles. The third kappa shape index (κ3) is 5.25. The monoisotopic (exact) mass is 395 g/mol. The lowest BCUT2D eigenvalue weighted by molar-refractivity contribution is 0.598. The maximum Gasteiger partial charge on any atom is 0.288 e. The van der Waals surface area contributed by atoms with E-state index in [1.54, 1.807) is 24.3 Å². The summed E-state index contributed by atoms with van der Waals surface area (Å²) in [6, 6.07) is 24.4. The summed E-state index contributed by atoms with van der Waals surface area (Å²) >= 11 is 0. The van der Waals surface area contributed by atoms with E-state index in [1.165, 1.54) is 0 Å². The molecule has 0 bridgehead atoms.